The number of benzene rings is 1. The Balaban J connectivity index is 1.81. The zero-order valence-corrected chi connectivity index (χ0v) is 12.8. The first-order chi connectivity index (χ1) is 11.7. The summed E-state index contributed by atoms with van der Waals surface area (Å²) in [5, 5.41) is 25.6. The first-order valence-corrected chi connectivity index (χ1v) is 7.20. The summed E-state index contributed by atoms with van der Waals surface area (Å²) in [5.41, 5.74) is -1.61. The van der Waals surface area contributed by atoms with Gasteiger partial charge in [0.05, 0.1) is 23.4 Å². The van der Waals surface area contributed by atoms with Crippen LogP contribution in [0.1, 0.15) is 22.7 Å². The van der Waals surface area contributed by atoms with Crippen molar-refractivity contribution in [3.8, 4) is 6.07 Å². The summed E-state index contributed by atoms with van der Waals surface area (Å²) in [6, 6.07) is 5.62. The van der Waals surface area contributed by atoms with Crippen LogP contribution in [0, 0.1) is 23.7 Å². The molecule has 1 aromatic heterocycles. The van der Waals surface area contributed by atoms with E-state index in [0.29, 0.717) is 11.3 Å². The lowest BCUT2D eigenvalue weighted by molar-refractivity contribution is -0.137. The molecule has 1 fully saturated rings. The highest BCUT2D eigenvalue weighted by atomic mass is 19.4. The van der Waals surface area contributed by atoms with Crippen molar-refractivity contribution in [2.45, 2.75) is 25.1 Å². The molecule has 0 radical (unpaired) electrons. The minimum absolute atomic E-state index is 0.0903. The van der Waals surface area contributed by atoms with Crippen LogP contribution < -0.4 is 5.32 Å². The van der Waals surface area contributed by atoms with Gasteiger partial charge in [-0.2, -0.15) is 18.4 Å². The largest absolute Gasteiger partial charge is 0.416 e. The van der Waals surface area contributed by atoms with Gasteiger partial charge in [-0.25, -0.2) is 0 Å². The molecule has 6 nitrogen and oxygen atoms in total. The van der Waals surface area contributed by atoms with E-state index in [4.69, 9.17) is 4.52 Å². The van der Waals surface area contributed by atoms with Gasteiger partial charge < -0.3 is 14.9 Å². The van der Waals surface area contributed by atoms with Gasteiger partial charge in [0.1, 0.15) is 6.26 Å². The molecule has 0 bridgehead atoms. The lowest BCUT2D eigenvalue weighted by Gasteiger charge is -2.11. The highest BCUT2D eigenvalue weighted by Gasteiger charge is 2.72. The van der Waals surface area contributed by atoms with Gasteiger partial charge in [-0.05, 0) is 31.2 Å². The van der Waals surface area contributed by atoms with Crippen molar-refractivity contribution < 1.29 is 27.6 Å². The molecule has 0 spiro atoms. The van der Waals surface area contributed by atoms with Gasteiger partial charge in [0, 0.05) is 17.2 Å². The summed E-state index contributed by atoms with van der Waals surface area (Å²) in [6.07, 6.45) is -4.49. The normalized spacial score (nSPS) is 25.3. The molecule has 0 aliphatic heterocycles. The molecule has 3 unspecified atom stereocenters. The van der Waals surface area contributed by atoms with Crippen molar-refractivity contribution in [3.05, 3.63) is 47.3 Å². The van der Waals surface area contributed by atoms with Gasteiger partial charge in [-0.3, -0.25) is 4.79 Å². The SMILES string of the molecule is Cc1nocc1C1C(O)C1(C#N)C(=O)Nc1ccc(C(F)(F)F)cc1. The molecule has 1 saturated carbocycles. The number of aliphatic hydroxyl groups excluding tert-OH is 1. The Labute approximate surface area is 139 Å². The van der Waals surface area contributed by atoms with E-state index in [0.717, 1.165) is 24.3 Å². The number of hydrogen-bond donors (Lipinski definition) is 2. The minimum Gasteiger partial charge on any atom is -0.390 e. The zero-order chi connectivity index (χ0) is 18.4. The number of amides is 1. The van der Waals surface area contributed by atoms with Crippen molar-refractivity contribution in [2.75, 3.05) is 5.32 Å². The number of aryl methyl sites for hydroxylation is 1. The van der Waals surface area contributed by atoms with Gasteiger partial charge in [0.25, 0.3) is 0 Å². The van der Waals surface area contributed by atoms with Crippen LogP contribution in [0.4, 0.5) is 18.9 Å². The first-order valence-electron chi connectivity index (χ1n) is 7.20. The van der Waals surface area contributed by atoms with E-state index in [9.17, 15) is 28.3 Å². The summed E-state index contributed by atoms with van der Waals surface area (Å²) in [5.74, 6) is -1.61. The third-order valence-electron chi connectivity index (χ3n) is 4.32. The third-order valence-corrected chi connectivity index (χ3v) is 4.32. The number of anilines is 1. The van der Waals surface area contributed by atoms with Gasteiger partial charge in [-0.15, -0.1) is 0 Å². The Hall–Kier alpha value is -2.86. The minimum atomic E-state index is -4.49. The van der Waals surface area contributed by atoms with Crippen molar-refractivity contribution in [1.29, 1.82) is 5.26 Å². The van der Waals surface area contributed by atoms with Crippen molar-refractivity contribution >= 4 is 11.6 Å². The maximum Gasteiger partial charge on any atom is 0.416 e. The van der Waals surface area contributed by atoms with Crippen LogP contribution in [0.2, 0.25) is 0 Å². The number of aromatic nitrogens is 1. The van der Waals surface area contributed by atoms with E-state index < -0.39 is 35.1 Å². The lowest BCUT2D eigenvalue weighted by atomic mass is 10.00. The third kappa shape index (κ3) is 2.64. The van der Waals surface area contributed by atoms with E-state index in [1.54, 1.807) is 6.92 Å². The van der Waals surface area contributed by atoms with Crippen LogP contribution in [0.15, 0.2) is 35.1 Å². The number of carbonyl (C=O) groups is 1. The number of nitriles is 1. The molecule has 0 saturated heterocycles. The fourth-order valence-electron chi connectivity index (χ4n) is 2.82. The van der Waals surface area contributed by atoms with E-state index in [1.807, 2.05) is 6.07 Å². The summed E-state index contributed by atoms with van der Waals surface area (Å²) in [4.78, 5) is 12.5. The average molecular weight is 351 g/mol. The molecular formula is C16H12F3N3O3. The Morgan fingerprint density at radius 1 is 1.40 bits per heavy atom. The van der Waals surface area contributed by atoms with E-state index in [-0.39, 0.29) is 5.69 Å². The summed E-state index contributed by atoms with van der Waals surface area (Å²) in [6.45, 7) is 1.61. The lowest BCUT2D eigenvalue weighted by Crippen LogP contribution is -2.27. The maximum absolute atomic E-state index is 12.6. The first kappa shape index (κ1) is 17.0. The van der Waals surface area contributed by atoms with Crippen LogP contribution in [-0.2, 0) is 11.0 Å². The second-order valence-corrected chi connectivity index (χ2v) is 5.79. The van der Waals surface area contributed by atoms with Gasteiger partial charge >= 0.3 is 6.18 Å². The second-order valence-electron chi connectivity index (χ2n) is 5.79. The maximum atomic E-state index is 12.6. The molecule has 1 amide bonds. The van der Waals surface area contributed by atoms with Crippen molar-refractivity contribution in [3.63, 3.8) is 0 Å². The number of carbonyl (C=O) groups excluding carboxylic acids is 1. The molecule has 9 heteroatoms. The molecule has 130 valence electrons. The number of nitrogens with one attached hydrogen (secondary N) is 1. The van der Waals surface area contributed by atoms with Crippen LogP contribution in [0.25, 0.3) is 0 Å². The standard InChI is InChI=1S/C16H12F3N3O3/c1-8-11(6-25-22-8)12-13(23)15(12,7-20)14(24)21-10-4-2-9(3-5-10)16(17,18)19/h2-6,12-13,23H,1H3,(H,21,24). The smallest absolute Gasteiger partial charge is 0.390 e. The molecule has 3 atom stereocenters. The molecule has 1 heterocycles. The molecule has 1 aliphatic carbocycles. The van der Waals surface area contributed by atoms with E-state index in [1.165, 1.54) is 6.26 Å². The quantitative estimate of drug-likeness (QED) is 0.886. The fourth-order valence-corrected chi connectivity index (χ4v) is 2.82. The molecule has 2 aromatic rings. The highest BCUT2D eigenvalue weighted by molar-refractivity contribution is 6.01. The molecule has 2 N–H and O–H groups in total. The van der Waals surface area contributed by atoms with Crippen LogP contribution in [-0.4, -0.2) is 22.3 Å². The highest BCUT2D eigenvalue weighted by Crippen LogP contribution is 2.60. The fraction of sp³-hybridized carbons (Fsp3) is 0.312. The summed E-state index contributed by atoms with van der Waals surface area (Å²) < 4.78 is 42.4. The number of hydrogen-bond acceptors (Lipinski definition) is 5. The van der Waals surface area contributed by atoms with E-state index >= 15 is 0 Å². The predicted octanol–water partition coefficient (Wildman–Crippen LogP) is 2.61. The Morgan fingerprint density at radius 3 is 2.52 bits per heavy atom. The number of rotatable bonds is 3. The summed E-state index contributed by atoms with van der Waals surface area (Å²) in [7, 11) is 0. The molecule has 1 aromatic carbocycles. The average Bonchev–Trinajstić information content (AvgIpc) is 2.92. The molecule has 1 aliphatic rings. The topological polar surface area (TPSA) is 99.2 Å². The number of aliphatic hydroxyl groups is 1. The van der Waals surface area contributed by atoms with Gasteiger partial charge in [-0.1, -0.05) is 5.16 Å². The Kier molecular flexibility index (Phi) is 3.80. The van der Waals surface area contributed by atoms with Crippen molar-refractivity contribution in [1.82, 2.24) is 5.16 Å². The molecule has 3 rings (SSSR count). The predicted molar refractivity (Wildman–Crippen MR) is 78.1 cm³/mol. The van der Waals surface area contributed by atoms with E-state index in [2.05, 4.69) is 10.5 Å². The Bertz CT molecular complexity index is 854. The van der Waals surface area contributed by atoms with Crippen LogP contribution >= 0.6 is 0 Å². The number of halogens is 3. The zero-order valence-electron chi connectivity index (χ0n) is 12.8. The van der Waals surface area contributed by atoms with Gasteiger partial charge in [0.15, 0.2) is 5.41 Å². The Morgan fingerprint density at radius 2 is 2.04 bits per heavy atom. The number of nitrogens with zero attached hydrogens (tertiary/aromatic N) is 2. The monoisotopic (exact) mass is 351 g/mol. The number of alkyl halides is 3. The summed E-state index contributed by atoms with van der Waals surface area (Å²) >= 11 is 0. The molecular weight excluding hydrogens is 339 g/mol. The second kappa shape index (κ2) is 5.60. The van der Waals surface area contributed by atoms with Crippen LogP contribution in [0.3, 0.4) is 0 Å². The van der Waals surface area contributed by atoms with Crippen LogP contribution in [0.5, 0.6) is 0 Å². The van der Waals surface area contributed by atoms with Gasteiger partial charge in [0.2, 0.25) is 5.91 Å². The molecule has 25 heavy (non-hydrogen) atoms. The van der Waals surface area contributed by atoms with Crippen molar-refractivity contribution in [2.24, 2.45) is 5.41 Å².